The minimum absolute atomic E-state index is 1.05. The number of rotatable bonds is 2. The van der Waals surface area contributed by atoms with Crippen LogP contribution in [0.4, 0.5) is 0 Å². The molecule has 0 aromatic rings. The zero-order valence-electron chi connectivity index (χ0n) is 5.49. The lowest BCUT2D eigenvalue weighted by Gasteiger charge is -1.94. The van der Waals surface area contributed by atoms with Gasteiger partial charge in [0, 0.05) is 6.21 Å². The van der Waals surface area contributed by atoms with E-state index in [9.17, 15) is 0 Å². The molecule has 8 heavy (non-hydrogen) atoms. The molecular weight excluding hydrogens is 118 g/mol. The second-order valence-corrected chi connectivity index (χ2v) is 2.61. The van der Waals surface area contributed by atoms with E-state index in [1.165, 1.54) is 11.1 Å². The molecule has 1 N–H and O–H groups in total. The van der Waals surface area contributed by atoms with E-state index in [0.29, 0.717) is 0 Å². The van der Waals surface area contributed by atoms with Gasteiger partial charge in [0.25, 0.3) is 0 Å². The van der Waals surface area contributed by atoms with Gasteiger partial charge in [-0.1, -0.05) is 0 Å². The third-order valence-corrected chi connectivity index (χ3v) is 2.01. The summed E-state index contributed by atoms with van der Waals surface area (Å²) in [7, 11) is 0. The van der Waals surface area contributed by atoms with Gasteiger partial charge in [-0.3, -0.25) is 0 Å². The normalized spacial score (nSPS) is 12.9. The van der Waals surface area contributed by atoms with Crippen LogP contribution < -0.4 is 0 Å². The Kier molecular flexibility index (Phi) is 3.61. The summed E-state index contributed by atoms with van der Waals surface area (Å²) >= 11 is 1.69. The van der Waals surface area contributed by atoms with Gasteiger partial charge in [0.1, 0.15) is 0 Å². The van der Waals surface area contributed by atoms with Gasteiger partial charge in [-0.05, 0) is 30.6 Å². The van der Waals surface area contributed by atoms with Crippen LogP contribution in [-0.2, 0) is 0 Å². The summed E-state index contributed by atoms with van der Waals surface area (Å²) in [5, 5.41) is 6.85. The Balaban J connectivity index is 4.03. The van der Waals surface area contributed by atoms with Crippen LogP contribution in [0.25, 0.3) is 0 Å². The summed E-state index contributed by atoms with van der Waals surface area (Å²) in [6, 6.07) is 0. The average molecular weight is 129 g/mol. The van der Waals surface area contributed by atoms with Crippen molar-refractivity contribution >= 4 is 18.0 Å². The predicted molar refractivity (Wildman–Crippen MR) is 40.7 cm³/mol. The third-order valence-electron chi connectivity index (χ3n) is 1.08. The average Bonchev–Trinajstić information content (AvgIpc) is 1.84. The van der Waals surface area contributed by atoms with E-state index in [-0.39, 0.29) is 0 Å². The molecule has 0 amide bonds. The van der Waals surface area contributed by atoms with Crippen LogP contribution >= 0.6 is 11.8 Å². The Hall–Kier alpha value is -0.240. The van der Waals surface area contributed by atoms with E-state index in [1.54, 1.807) is 11.8 Å². The van der Waals surface area contributed by atoms with Gasteiger partial charge in [-0.2, -0.15) is 0 Å². The van der Waals surface area contributed by atoms with Crippen molar-refractivity contribution in [3.63, 3.8) is 0 Å². The Morgan fingerprint density at radius 3 is 2.12 bits per heavy atom. The molecule has 0 aromatic heterocycles. The smallest absolute Gasteiger partial charge is 0.0214 e. The lowest BCUT2D eigenvalue weighted by Crippen LogP contribution is -1.77. The highest BCUT2D eigenvalue weighted by Crippen LogP contribution is 2.12. The first kappa shape index (κ1) is 7.76. The minimum Gasteiger partial charge on any atom is -0.308 e. The molecule has 0 fully saturated rings. The zero-order chi connectivity index (χ0) is 6.57. The van der Waals surface area contributed by atoms with Crippen molar-refractivity contribution in [3.8, 4) is 0 Å². The second-order valence-electron chi connectivity index (χ2n) is 1.59. The monoisotopic (exact) mass is 129 g/mol. The van der Waals surface area contributed by atoms with Crippen LogP contribution in [0.1, 0.15) is 13.8 Å². The number of thioether (sulfide) groups is 1. The fourth-order valence-corrected chi connectivity index (χ4v) is 0.644. The maximum absolute atomic E-state index is 6.85. The van der Waals surface area contributed by atoms with Gasteiger partial charge in [0.2, 0.25) is 0 Å². The van der Waals surface area contributed by atoms with Gasteiger partial charge in [0.05, 0.1) is 0 Å². The van der Waals surface area contributed by atoms with Crippen LogP contribution in [0, 0.1) is 5.41 Å². The van der Waals surface area contributed by atoms with E-state index in [0.717, 1.165) is 5.57 Å². The quantitative estimate of drug-likeness (QED) is 0.568. The molecule has 2 heteroatoms. The molecule has 0 aliphatic rings. The van der Waals surface area contributed by atoms with Crippen molar-refractivity contribution in [1.82, 2.24) is 0 Å². The summed E-state index contributed by atoms with van der Waals surface area (Å²) in [5.74, 6) is 0. The molecular formula is C6H11NS. The van der Waals surface area contributed by atoms with Crippen molar-refractivity contribution in [2.45, 2.75) is 13.8 Å². The molecule has 0 saturated heterocycles. The van der Waals surface area contributed by atoms with Gasteiger partial charge in [-0.15, -0.1) is 11.8 Å². The number of allylic oxidation sites excluding steroid dienone is 2. The summed E-state index contributed by atoms with van der Waals surface area (Å²) in [4.78, 5) is 1.22. The molecule has 0 aliphatic heterocycles. The fourth-order valence-electron chi connectivity index (χ4n) is 0.263. The lowest BCUT2D eigenvalue weighted by atomic mass is 10.3. The summed E-state index contributed by atoms with van der Waals surface area (Å²) in [6.07, 6.45) is 3.40. The van der Waals surface area contributed by atoms with E-state index in [1.807, 2.05) is 20.1 Å². The molecule has 0 unspecified atom stereocenters. The standard InChI is InChI=1S/C6H11NS/c1-5(4-7)6(2)8-3/h4,7H,1-3H3/b6-5-,7-4?. The molecule has 0 heterocycles. The van der Waals surface area contributed by atoms with Gasteiger partial charge < -0.3 is 5.41 Å². The zero-order valence-corrected chi connectivity index (χ0v) is 6.30. The van der Waals surface area contributed by atoms with E-state index in [4.69, 9.17) is 5.41 Å². The molecule has 0 saturated carbocycles. The molecule has 0 aliphatic carbocycles. The first-order chi connectivity index (χ1) is 3.72. The van der Waals surface area contributed by atoms with Gasteiger partial charge >= 0.3 is 0 Å². The predicted octanol–water partition coefficient (Wildman–Crippen LogP) is 2.29. The fraction of sp³-hybridized carbons (Fsp3) is 0.500. The Bertz CT molecular complexity index is 116. The van der Waals surface area contributed by atoms with E-state index >= 15 is 0 Å². The molecule has 0 spiro atoms. The second kappa shape index (κ2) is 3.72. The summed E-state index contributed by atoms with van der Waals surface area (Å²) in [5.41, 5.74) is 1.05. The van der Waals surface area contributed by atoms with Gasteiger partial charge in [0.15, 0.2) is 0 Å². The van der Waals surface area contributed by atoms with Crippen molar-refractivity contribution < 1.29 is 0 Å². The van der Waals surface area contributed by atoms with Crippen LogP contribution in [0.5, 0.6) is 0 Å². The topological polar surface area (TPSA) is 23.9 Å². The maximum atomic E-state index is 6.85. The van der Waals surface area contributed by atoms with Crippen molar-refractivity contribution in [3.05, 3.63) is 10.5 Å². The van der Waals surface area contributed by atoms with Crippen LogP contribution in [0.2, 0.25) is 0 Å². The molecule has 0 bridgehead atoms. The largest absolute Gasteiger partial charge is 0.308 e. The van der Waals surface area contributed by atoms with Crippen LogP contribution in [-0.4, -0.2) is 12.5 Å². The van der Waals surface area contributed by atoms with Crippen molar-refractivity contribution in [2.75, 3.05) is 6.26 Å². The third kappa shape index (κ3) is 2.17. The minimum atomic E-state index is 1.05. The van der Waals surface area contributed by atoms with Crippen LogP contribution in [0.15, 0.2) is 10.5 Å². The highest BCUT2D eigenvalue weighted by Gasteiger charge is 1.87. The van der Waals surface area contributed by atoms with Crippen molar-refractivity contribution in [1.29, 1.82) is 5.41 Å². The summed E-state index contributed by atoms with van der Waals surface area (Å²) < 4.78 is 0. The Labute approximate surface area is 54.7 Å². The lowest BCUT2D eigenvalue weighted by molar-refractivity contribution is 1.46. The molecule has 0 rings (SSSR count). The maximum Gasteiger partial charge on any atom is 0.0214 e. The molecule has 0 radical (unpaired) electrons. The molecule has 46 valence electrons. The molecule has 0 aromatic carbocycles. The summed E-state index contributed by atoms with van der Waals surface area (Å²) in [6.45, 7) is 3.96. The molecule has 0 atom stereocenters. The first-order valence-corrected chi connectivity index (χ1v) is 3.66. The Morgan fingerprint density at radius 2 is 2.00 bits per heavy atom. The first-order valence-electron chi connectivity index (χ1n) is 2.44. The molecule has 1 nitrogen and oxygen atoms in total. The van der Waals surface area contributed by atoms with Crippen molar-refractivity contribution in [2.24, 2.45) is 0 Å². The van der Waals surface area contributed by atoms with E-state index in [2.05, 4.69) is 0 Å². The van der Waals surface area contributed by atoms with Crippen LogP contribution in [0.3, 0.4) is 0 Å². The van der Waals surface area contributed by atoms with E-state index < -0.39 is 0 Å². The Morgan fingerprint density at radius 1 is 1.50 bits per heavy atom. The van der Waals surface area contributed by atoms with Gasteiger partial charge in [-0.25, -0.2) is 0 Å². The number of hydrogen-bond donors (Lipinski definition) is 1. The highest BCUT2D eigenvalue weighted by atomic mass is 32.2. The SMILES string of the molecule is CS/C(C)=C(/C)C=N. The highest BCUT2D eigenvalue weighted by molar-refractivity contribution is 8.02. The number of nitrogens with one attached hydrogen (secondary N) is 1. The number of hydrogen-bond acceptors (Lipinski definition) is 2.